The summed E-state index contributed by atoms with van der Waals surface area (Å²) in [6, 6.07) is 5.30. The number of hydrogen-bond donors (Lipinski definition) is 0. The molecule has 1 saturated heterocycles. The molecule has 1 atom stereocenters. The van der Waals surface area contributed by atoms with Crippen LogP contribution in [0.1, 0.15) is 41.9 Å². The number of aryl methyl sites for hydroxylation is 3. The summed E-state index contributed by atoms with van der Waals surface area (Å²) < 4.78 is 30.4. The first kappa shape index (κ1) is 23.0. The smallest absolute Gasteiger partial charge is 0.243 e. The van der Waals surface area contributed by atoms with Gasteiger partial charge in [0.15, 0.2) is 0 Å². The summed E-state index contributed by atoms with van der Waals surface area (Å²) in [5.41, 5.74) is 3.68. The summed E-state index contributed by atoms with van der Waals surface area (Å²) in [6.07, 6.45) is 0.332. The van der Waals surface area contributed by atoms with Crippen molar-refractivity contribution < 1.29 is 13.2 Å². The Balaban J connectivity index is 1.63. The largest absolute Gasteiger partial charge is 0.340 e. The Hall–Kier alpha value is -1.71. The van der Waals surface area contributed by atoms with Crippen LogP contribution >= 0.6 is 15.9 Å². The summed E-state index contributed by atoms with van der Waals surface area (Å²) in [5.74, 6) is 0.0229. The predicted octanol–water partition coefficient (Wildman–Crippen LogP) is 3.36. The van der Waals surface area contributed by atoms with Gasteiger partial charge in [-0.05, 0) is 62.2 Å². The number of amides is 1. The number of rotatable bonds is 5. The molecule has 7 nitrogen and oxygen atoms in total. The van der Waals surface area contributed by atoms with E-state index in [2.05, 4.69) is 21.0 Å². The molecule has 3 rings (SSSR count). The third-order valence-corrected chi connectivity index (χ3v) is 8.87. The van der Waals surface area contributed by atoms with Crippen LogP contribution in [0.15, 0.2) is 27.6 Å². The van der Waals surface area contributed by atoms with Crippen LogP contribution in [-0.4, -0.2) is 59.5 Å². The van der Waals surface area contributed by atoms with Crippen molar-refractivity contribution in [3.8, 4) is 0 Å². The Morgan fingerprint density at radius 3 is 2.30 bits per heavy atom. The third-order valence-electron chi connectivity index (χ3n) is 5.66. The maximum absolute atomic E-state index is 13.0. The van der Waals surface area contributed by atoms with E-state index in [0.717, 1.165) is 27.0 Å². The summed E-state index contributed by atoms with van der Waals surface area (Å²) in [4.78, 5) is 14.9. The Morgan fingerprint density at radius 2 is 1.77 bits per heavy atom. The Morgan fingerprint density at radius 1 is 1.13 bits per heavy atom. The molecular weight excluding hydrogens is 468 g/mol. The number of benzene rings is 1. The van der Waals surface area contributed by atoms with Crippen LogP contribution in [0.2, 0.25) is 0 Å². The van der Waals surface area contributed by atoms with Crippen molar-refractivity contribution in [1.82, 2.24) is 19.0 Å². The van der Waals surface area contributed by atoms with Gasteiger partial charge in [0, 0.05) is 32.6 Å². The number of sulfonamides is 1. The van der Waals surface area contributed by atoms with Crippen molar-refractivity contribution >= 4 is 31.9 Å². The van der Waals surface area contributed by atoms with Crippen molar-refractivity contribution in [3.05, 3.63) is 45.2 Å². The second-order valence-electron chi connectivity index (χ2n) is 8.04. The monoisotopic (exact) mass is 496 g/mol. The molecule has 1 fully saturated rings. The van der Waals surface area contributed by atoms with Gasteiger partial charge in [0.2, 0.25) is 15.9 Å². The lowest BCUT2D eigenvalue weighted by molar-refractivity contribution is -0.133. The van der Waals surface area contributed by atoms with E-state index in [1.807, 2.05) is 51.4 Å². The van der Waals surface area contributed by atoms with Gasteiger partial charge in [0.05, 0.1) is 26.8 Å². The molecular formula is C21H29BrN4O3S. The number of piperazine rings is 1. The highest BCUT2D eigenvalue weighted by atomic mass is 79.9. The minimum atomic E-state index is -3.56. The lowest BCUT2D eigenvalue weighted by atomic mass is 10.2. The van der Waals surface area contributed by atoms with Crippen LogP contribution in [-0.2, 0) is 14.8 Å². The number of hydrogen-bond acceptors (Lipinski definition) is 4. The highest BCUT2D eigenvalue weighted by molar-refractivity contribution is 9.10. The van der Waals surface area contributed by atoms with E-state index in [4.69, 9.17) is 0 Å². The van der Waals surface area contributed by atoms with E-state index in [-0.39, 0.29) is 11.9 Å². The van der Waals surface area contributed by atoms with Gasteiger partial charge >= 0.3 is 0 Å². The molecule has 2 heterocycles. The van der Waals surface area contributed by atoms with Gasteiger partial charge in [-0.2, -0.15) is 9.40 Å². The summed E-state index contributed by atoms with van der Waals surface area (Å²) in [5, 5.41) is 4.51. The fourth-order valence-corrected chi connectivity index (χ4v) is 5.83. The number of carbonyl (C=O) groups excluding carboxylic acids is 1. The molecule has 0 aliphatic carbocycles. The molecule has 0 bridgehead atoms. The lowest BCUT2D eigenvalue weighted by Gasteiger charge is -2.34. The lowest BCUT2D eigenvalue weighted by Crippen LogP contribution is -2.50. The second kappa shape index (κ2) is 8.80. The van der Waals surface area contributed by atoms with Crippen molar-refractivity contribution in [2.75, 3.05) is 26.2 Å². The van der Waals surface area contributed by atoms with E-state index in [0.29, 0.717) is 37.5 Å². The van der Waals surface area contributed by atoms with Gasteiger partial charge in [-0.1, -0.05) is 17.7 Å². The van der Waals surface area contributed by atoms with Crippen LogP contribution in [0.3, 0.4) is 0 Å². The maximum Gasteiger partial charge on any atom is 0.243 e. The van der Waals surface area contributed by atoms with Crippen LogP contribution in [0.5, 0.6) is 0 Å². The Bertz CT molecular complexity index is 1060. The summed E-state index contributed by atoms with van der Waals surface area (Å²) in [7, 11) is -3.56. The van der Waals surface area contributed by atoms with Crippen molar-refractivity contribution in [3.63, 3.8) is 0 Å². The highest BCUT2D eigenvalue weighted by Crippen LogP contribution is 2.25. The Kier molecular flexibility index (Phi) is 6.74. The molecule has 1 aliphatic heterocycles. The highest BCUT2D eigenvalue weighted by Gasteiger charge is 2.31. The molecule has 1 aliphatic rings. The molecule has 164 valence electrons. The number of nitrogens with zero attached hydrogens (tertiary/aromatic N) is 4. The molecule has 9 heteroatoms. The first-order valence-electron chi connectivity index (χ1n) is 10.1. The number of aromatic nitrogens is 2. The van der Waals surface area contributed by atoms with Crippen LogP contribution < -0.4 is 0 Å². The Labute approximate surface area is 187 Å². The number of halogens is 1. The maximum atomic E-state index is 13.0. The van der Waals surface area contributed by atoms with E-state index in [9.17, 15) is 13.2 Å². The quantitative estimate of drug-likeness (QED) is 0.635. The van der Waals surface area contributed by atoms with Crippen LogP contribution in [0, 0.1) is 27.7 Å². The van der Waals surface area contributed by atoms with E-state index in [1.165, 1.54) is 4.31 Å². The van der Waals surface area contributed by atoms with Crippen molar-refractivity contribution in [2.24, 2.45) is 0 Å². The van der Waals surface area contributed by atoms with Gasteiger partial charge in [0.1, 0.15) is 0 Å². The number of carbonyl (C=O) groups is 1. The average Bonchev–Trinajstić information content (AvgIpc) is 2.95. The molecule has 1 aromatic heterocycles. The molecule has 0 spiro atoms. The topological polar surface area (TPSA) is 75.5 Å². The van der Waals surface area contributed by atoms with Crippen LogP contribution in [0.4, 0.5) is 0 Å². The summed E-state index contributed by atoms with van der Waals surface area (Å²) >= 11 is 3.52. The molecule has 0 unspecified atom stereocenters. The molecule has 30 heavy (non-hydrogen) atoms. The molecule has 1 aromatic carbocycles. The predicted molar refractivity (Wildman–Crippen MR) is 120 cm³/mol. The van der Waals surface area contributed by atoms with Crippen molar-refractivity contribution in [2.45, 2.75) is 52.0 Å². The normalized spacial score (nSPS) is 16.7. The zero-order chi connectivity index (χ0) is 22.2. The van der Waals surface area contributed by atoms with Crippen LogP contribution in [0.25, 0.3) is 0 Å². The zero-order valence-electron chi connectivity index (χ0n) is 18.1. The molecule has 0 saturated carbocycles. The van der Waals surface area contributed by atoms with Gasteiger partial charge < -0.3 is 4.90 Å². The summed E-state index contributed by atoms with van der Waals surface area (Å²) in [6.45, 7) is 11.1. The fraction of sp³-hybridized carbons (Fsp3) is 0.524. The fourth-order valence-electron chi connectivity index (χ4n) is 3.95. The van der Waals surface area contributed by atoms with E-state index < -0.39 is 10.0 Å². The minimum absolute atomic E-state index is 0.0229. The van der Waals surface area contributed by atoms with Gasteiger partial charge in [-0.25, -0.2) is 8.42 Å². The SMILES string of the molecule is Cc1ccc(S(=O)(=O)N2CCN(C(=O)C[C@@H](C)n3nc(C)c(Br)c3C)CC2)c(C)c1. The first-order valence-corrected chi connectivity index (χ1v) is 12.3. The standard InChI is InChI=1S/C21H29BrN4O3S/c1-14-6-7-19(15(2)12-14)30(28,29)25-10-8-24(9-11-25)20(27)13-16(3)26-18(5)21(22)17(4)23-26/h6-7,12,16H,8-11,13H2,1-5H3/t16-/m1/s1. The van der Waals surface area contributed by atoms with Gasteiger partial charge in [-0.3, -0.25) is 9.48 Å². The van der Waals surface area contributed by atoms with Gasteiger partial charge in [0.25, 0.3) is 0 Å². The first-order chi connectivity index (χ1) is 14.0. The molecule has 0 N–H and O–H groups in total. The average molecular weight is 497 g/mol. The third kappa shape index (κ3) is 4.48. The minimum Gasteiger partial charge on any atom is -0.340 e. The molecule has 1 amide bonds. The van der Waals surface area contributed by atoms with Crippen molar-refractivity contribution in [1.29, 1.82) is 0 Å². The van der Waals surface area contributed by atoms with E-state index in [1.54, 1.807) is 11.0 Å². The molecule has 2 aromatic rings. The van der Waals surface area contributed by atoms with E-state index >= 15 is 0 Å². The van der Waals surface area contributed by atoms with Gasteiger partial charge in [-0.15, -0.1) is 0 Å². The molecule has 0 radical (unpaired) electrons. The zero-order valence-corrected chi connectivity index (χ0v) is 20.5. The second-order valence-corrected chi connectivity index (χ2v) is 10.7.